The Morgan fingerprint density at radius 1 is 0.458 bits per heavy atom. The lowest BCUT2D eigenvalue weighted by atomic mass is 10.3. The molecular formula is C23H23P. The molecule has 1 heteroatoms. The molecule has 120 valence electrons. The van der Waals surface area contributed by atoms with E-state index in [-0.39, 0.29) is 0 Å². The third-order valence-corrected chi connectivity index (χ3v) is 9.70. The van der Waals surface area contributed by atoms with Gasteiger partial charge >= 0.3 is 0 Å². The highest BCUT2D eigenvalue weighted by Gasteiger charge is 2.30. The summed E-state index contributed by atoms with van der Waals surface area (Å²) in [5, 5.41) is 6.27. The van der Waals surface area contributed by atoms with Gasteiger partial charge in [0.2, 0.25) is 0 Å². The standard InChI is InChI=1S/C23H23P/c1-4-12-20(13-5-1)24(23-18-10-11-19-23,21-14-6-2-7-15-21)22-16-8-3-9-17-22/h1-9,12-17H,10-11,18-19H2. The minimum Gasteiger partial charge on any atom is -0.0622 e. The molecule has 0 radical (unpaired) electrons. The number of hydrogen-bond donors (Lipinski definition) is 0. The lowest BCUT2D eigenvalue weighted by molar-refractivity contribution is 0.886. The van der Waals surface area contributed by atoms with Gasteiger partial charge in [-0.15, -0.1) is 0 Å². The first-order chi connectivity index (χ1) is 11.9. The summed E-state index contributed by atoms with van der Waals surface area (Å²) in [6, 6.07) is 33.7. The second kappa shape index (κ2) is 6.83. The lowest BCUT2D eigenvalue weighted by Gasteiger charge is -2.32. The van der Waals surface area contributed by atoms with Crippen LogP contribution in [0.2, 0.25) is 0 Å². The highest BCUT2D eigenvalue weighted by molar-refractivity contribution is 7.95. The Balaban J connectivity index is 2.14. The molecule has 1 saturated carbocycles. The largest absolute Gasteiger partial charge is 0.0622 e. The molecule has 24 heavy (non-hydrogen) atoms. The van der Waals surface area contributed by atoms with E-state index in [4.69, 9.17) is 0 Å². The van der Waals surface area contributed by atoms with Crippen molar-refractivity contribution in [3.8, 4) is 0 Å². The average Bonchev–Trinajstić information content (AvgIpc) is 3.20. The van der Waals surface area contributed by atoms with Crippen LogP contribution in [0, 0.1) is 0 Å². The molecular weight excluding hydrogens is 307 g/mol. The van der Waals surface area contributed by atoms with Crippen LogP contribution < -0.4 is 15.9 Å². The van der Waals surface area contributed by atoms with E-state index in [9.17, 15) is 0 Å². The van der Waals surface area contributed by atoms with E-state index < -0.39 is 6.89 Å². The summed E-state index contributed by atoms with van der Waals surface area (Å²) in [6.45, 7) is -1.68. The molecule has 3 aromatic rings. The fraction of sp³-hybridized carbons (Fsp3) is 0.174. The van der Waals surface area contributed by atoms with Gasteiger partial charge in [-0.05, 0) is 48.5 Å². The van der Waals surface area contributed by atoms with E-state index in [0.29, 0.717) is 0 Å². The van der Waals surface area contributed by atoms with Gasteiger partial charge in [0.25, 0.3) is 0 Å². The van der Waals surface area contributed by atoms with Crippen molar-refractivity contribution >= 4 is 28.1 Å². The normalized spacial score (nSPS) is 14.8. The molecule has 0 atom stereocenters. The quantitative estimate of drug-likeness (QED) is 0.609. The Bertz CT molecular complexity index is 737. The van der Waals surface area contributed by atoms with Crippen LogP contribution in [-0.2, 0) is 0 Å². The van der Waals surface area contributed by atoms with Crippen LogP contribution in [0.25, 0.3) is 0 Å². The molecule has 0 saturated heterocycles. The molecule has 0 amide bonds. The minimum absolute atomic E-state index is 1.27. The SMILES string of the molecule is c1ccc(P(=C2CCCC2)(c2ccccc2)c2ccccc2)cc1. The zero-order valence-corrected chi connectivity index (χ0v) is 14.8. The molecule has 1 fully saturated rings. The van der Waals surface area contributed by atoms with Crippen molar-refractivity contribution in [3.05, 3.63) is 91.0 Å². The van der Waals surface area contributed by atoms with Crippen molar-refractivity contribution in [1.29, 1.82) is 0 Å². The average molecular weight is 330 g/mol. The first-order valence-electron chi connectivity index (χ1n) is 8.83. The Kier molecular flexibility index (Phi) is 4.41. The molecule has 0 heterocycles. The van der Waals surface area contributed by atoms with Crippen LogP contribution in [0.5, 0.6) is 0 Å². The summed E-state index contributed by atoms with van der Waals surface area (Å²) in [5.74, 6) is 0. The van der Waals surface area contributed by atoms with Crippen LogP contribution in [0.3, 0.4) is 0 Å². The fourth-order valence-corrected chi connectivity index (χ4v) is 8.90. The summed E-state index contributed by atoms with van der Waals surface area (Å²) >= 11 is 0. The molecule has 4 rings (SSSR count). The third kappa shape index (κ3) is 2.56. The Morgan fingerprint density at radius 2 is 0.792 bits per heavy atom. The second-order valence-electron chi connectivity index (χ2n) is 6.45. The molecule has 0 bridgehead atoms. The molecule has 0 aliphatic heterocycles. The lowest BCUT2D eigenvalue weighted by Crippen LogP contribution is -2.29. The van der Waals surface area contributed by atoms with Crippen LogP contribution >= 0.6 is 6.89 Å². The van der Waals surface area contributed by atoms with Crippen LogP contribution in [0.15, 0.2) is 91.0 Å². The zero-order valence-electron chi connectivity index (χ0n) is 13.9. The van der Waals surface area contributed by atoms with Crippen molar-refractivity contribution < 1.29 is 0 Å². The van der Waals surface area contributed by atoms with Gasteiger partial charge in [-0.2, -0.15) is 0 Å². The Hall–Kier alpha value is -2.04. The number of hydrogen-bond acceptors (Lipinski definition) is 0. The van der Waals surface area contributed by atoms with E-state index in [1.807, 2.05) is 0 Å². The maximum absolute atomic E-state index is 2.35. The van der Waals surface area contributed by atoms with Crippen LogP contribution in [0.4, 0.5) is 0 Å². The zero-order chi connectivity index (χ0) is 16.2. The monoisotopic (exact) mass is 330 g/mol. The highest BCUT2D eigenvalue weighted by Crippen LogP contribution is 2.49. The van der Waals surface area contributed by atoms with Gasteiger partial charge in [-0.25, -0.2) is 0 Å². The smallest absolute Gasteiger partial charge is 0.0161 e. The van der Waals surface area contributed by atoms with Gasteiger partial charge in [0.15, 0.2) is 0 Å². The van der Waals surface area contributed by atoms with Gasteiger partial charge in [0, 0.05) is 0 Å². The molecule has 1 aliphatic carbocycles. The Morgan fingerprint density at radius 3 is 1.12 bits per heavy atom. The predicted molar refractivity (Wildman–Crippen MR) is 109 cm³/mol. The van der Waals surface area contributed by atoms with Gasteiger partial charge in [0.05, 0.1) is 0 Å². The molecule has 3 aromatic carbocycles. The number of rotatable bonds is 3. The van der Waals surface area contributed by atoms with Crippen LogP contribution in [-0.4, -0.2) is 5.29 Å². The van der Waals surface area contributed by atoms with Crippen molar-refractivity contribution in [1.82, 2.24) is 0 Å². The van der Waals surface area contributed by atoms with E-state index in [0.717, 1.165) is 0 Å². The number of benzene rings is 3. The summed E-state index contributed by atoms with van der Waals surface area (Å²) < 4.78 is 0. The summed E-state index contributed by atoms with van der Waals surface area (Å²) in [7, 11) is 0. The second-order valence-corrected chi connectivity index (χ2v) is 9.97. The molecule has 0 N–H and O–H groups in total. The van der Waals surface area contributed by atoms with Gasteiger partial charge < -0.3 is 0 Å². The molecule has 0 unspecified atom stereocenters. The predicted octanol–water partition coefficient (Wildman–Crippen LogP) is 4.73. The van der Waals surface area contributed by atoms with Crippen molar-refractivity contribution in [2.24, 2.45) is 0 Å². The van der Waals surface area contributed by atoms with E-state index >= 15 is 0 Å². The fourth-order valence-electron chi connectivity index (χ4n) is 4.07. The topological polar surface area (TPSA) is 0 Å². The maximum Gasteiger partial charge on any atom is -0.0161 e. The molecule has 0 aromatic heterocycles. The minimum atomic E-state index is -1.68. The van der Waals surface area contributed by atoms with Crippen molar-refractivity contribution in [2.45, 2.75) is 25.7 Å². The first kappa shape index (κ1) is 15.5. The van der Waals surface area contributed by atoms with Crippen LogP contribution in [0.1, 0.15) is 25.7 Å². The van der Waals surface area contributed by atoms with E-state index in [1.54, 1.807) is 5.29 Å². The molecule has 1 aliphatic rings. The van der Waals surface area contributed by atoms with Gasteiger partial charge in [0.1, 0.15) is 0 Å². The Labute approximate surface area is 145 Å². The highest BCUT2D eigenvalue weighted by atomic mass is 31.2. The third-order valence-electron chi connectivity index (χ3n) is 5.09. The van der Waals surface area contributed by atoms with Crippen molar-refractivity contribution in [2.75, 3.05) is 0 Å². The summed E-state index contributed by atoms with van der Waals surface area (Å²) in [6.07, 6.45) is 5.21. The molecule has 0 spiro atoms. The molecule has 0 nitrogen and oxygen atoms in total. The summed E-state index contributed by atoms with van der Waals surface area (Å²) in [4.78, 5) is 0. The van der Waals surface area contributed by atoms with Gasteiger partial charge in [-0.1, -0.05) is 96.3 Å². The van der Waals surface area contributed by atoms with Crippen molar-refractivity contribution in [3.63, 3.8) is 0 Å². The van der Waals surface area contributed by atoms with E-state index in [1.165, 1.54) is 41.6 Å². The van der Waals surface area contributed by atoms with Gasteiger partial charge in [-0.3, -0.25) is 0 Å². The maximum atomic E-state index is 2.35. The summed E-state index contributed by atoms with van der Waals surface area (Å²) in [5.41, 5.74) is 0. The van der Waals surface area contributed by atoms with E-state index in [2.05, 4.69) is 91.0 Å². The first-order valence-corrected chi connectivity index (χ1v) is 10.6.